The summed E-state index contributed by atoms with van der Waals surface area (Å²) in [4.78, 5) is 13.4. The van der Waals surface area contributed by atoms with Gasteiger partial charge in [-0.3, -0.25) is 4.68 Å². The first-order chi connectivity index (χ1) is 6.81. The molecule has 0 fully saturated rings. The van der Waals surface area contributed by atoms with Gasteiger partial charge in [0.1, 0.15) is 0 Å². The molecule has 0 aliphatic rings. The van der Waals surface area contributed by atoms with E-state index in [1.807, 2.05) is 13.0 Å². The lowest BCUT2D eigenvalue weighted by atomic mass is 10.2. The fourth-order valence-electron chi connectivity index (χ4n) is 1.10. The lowest BCUT2D eigenvalue weighted by molar-refractivity contribution is 0.561. The van der Waals surface area contributed by atoms with Crippen LogP contribution in [0.3, 0.4) is 0 Å². The molecule has 5 nitrogen and oxygen atoms in total. The van der Waals surface area contributed by atoms with Crippen molar-refractivity contribution < 1.29 is 4.79 Å². The number of aromatic nitrogens is 2. The monoisotopic (exact) mass is 190 g/mol. The largest absolute Gasteiger partial charge is 0.272 e. The van der Waals surface area contributed by atoms with Gasteiger partial charge in [0, 0.05) is 18.3 Å². The zero-order valence-electron chi connectivity index (χ0n) is 7.84. The fraction of sp³-hybridized carbons (Fsp3) is 0.444. The van der Waals surface area contributed by atoms with E-state index in [2.05, 4.69) is 10.1 Å². The number of aliphatic imine (C=N–C) groups is 1. The van der Waals surface area contributed by atoms with Gasteiger partial charge in [-0.2, -0.15) is 15.4 Å². The average Bonchev–Trinajstić information content (AvgIpc) is 2.63. The summed E-state index contributed by atoms with van der Waals surface area (Å²) in [5.74, 6) is 0. The molecule has 0 aliphatic carbocycles. The molecule has 14 heavy (non-hydrogen) atoms. The first-order valence-corrected chi connectivity index (χ1v) is 4.30. The summed E-state index contributed by atoms with van der Waals surface area (Å²) < 4.78 is 1.72. The second-order valence-electron chi connectivity index (χ2n) is 2.79. The molecule has 0 saturated carbocycles. The Labute approximate surface area is 81.7 Å². The van der Waals surface area contributed by atoms with Gasteiger partial charge in [0.15, 0.2) is 6.04 Å². The van der Waals surface area contributed by atoms with Crippen LogP contribution in [0.5, 0.6) is 0 Å². The molecule has 1 aromatic rings. The quantitative estimate of drug-likeness (QED) is 0.529. The Morgan fingerprint density at radius 3 is 3.14 bits per heavy atom. The standard InChI is InChI=1S/C9H10N4O/c1-2-3-13-6-8(5-12-13)9(4-10)11-7-14/h5-6,9H,2-3H2,1H3. The summed E-state index contributed by atoms with van der Waals surface area (Å²) in [5, 5.41) is 12.7. The summed E-state index contributed by atoms with van der Waals surface area (Å²) >= 11 is 0. The van der Waals surface area contributed by atoms with E-state index in [1.165, 1.54) is 6.08 Å². The Bertz CT molecular complexity index is 384. The van der Waals surface area contributed by atoms with Crippen LogP contribution in [0.2, 0.25) is 0 Å². The van der Waals surface area contributed by atoms with Crippen LogP contribution in [-0.2, 0) is 11.3 Å². The number of aryl methyl sites for hydroxylation is 1. The van der Waals surface area contributed by atoms with Crippen LogP contribution in [0.4, 0.5) is 0 Å². The molecule has 1 rings (SSSR count). The van der Waals surface area contributed by atoms with Crippen molar-refractivity contribution in [2.75, 3.05) is 0 Å². The van der Waals surface area contributed by atoms with Gasteiger partial charge in [-0.05, 0) is 6.42 Å². The third kappa shape index (κ3) is 2.28. The van der Waals surface area contributed by atoms with Gasteiger partial charge < -0.3 is 0 Å². The minimum absolute atomic E-state index is 0.629. The molecule has 0 aliphatic heterocycles. The van der Waals surface area contributed by atoms with Gasteiger partial charge in [-0.25, -0.2) is 4.79 Å². The highest BCUT2D eigenvalue weighted by Crippen LogP contribution is 2.14. The minimum Gasteiger partial charge on any atom is -0.272 e. The van der Waals surface area contributed by atoms with Crippen molar-refractivity contribution in [3.05, 3.63) is 18.0 Å². The van der Waals surface area contributed by atoms with E-state index < -0.39 is 6.04 Å². The average molecular weight is 190 g/mol. The molecule has 1 aromatic heterocycles. The van der Waals surface area contributed by atoms with Crippen molar-refractivity contribution in [3.8, 4) is 6.07 Å². The zero-order chi connectivity index (χ0) is 10.4. The van der Waals surface area contributed by atoms with Crippen molar-refractivity contribution in [1.82, 2.24) is 9.78 Å². The third-order valence-corrected chi connectivity index (χ3v) is 1.73. The molecule has 1 atom stereocenters. The molecule has 0 bridgehead atoms. The number of hydrogen-bond donors (Lipinski definition) is 0. The van der Waals surface area contributed by atoms with E-state index in [1.54, 1.807) is 17.1 Å². The minimum atomic E-state index is -0.780. The first-order valence-electron chi connectivity index (χ1n) is 4.30. The van der Waals surface area contributed by atoms with Crippen LogP contribution in [0, 0.1) is 11.3 Å². The molecule has 0 aromatic carbocycles. The smallest absolute Gasteiger partial charge is 0.236 e. The number of nitrogens with zero attached hydrogens (tertiary/aromatic N) is 4. The number of hydrogen-bond acceptors (Lipinski definition) is 4. The Morgan fingerprint density at radius 2 is 2.57 bits per heavy atom. The van der Waals surface area contributed by atoms with E-state index in [0.717, 1.165) is 13.0 Å². The van der Waals surface area contributed by atoms with Crippen molar-refractivity contribution >= 4 is 6.08 Å². The topological polar surface area (TPSA) is 71.0 Å². The number of carbonyl (C=O) groups excluding carboxylic acids is 1. The predicted octanol–water partition coefficient (Wildman–Crippen LogP) is 1.19. The molecule has 1 unspecified atom stereocenters. The second-order valence-corrected chi connectivity index (χ2v) is 2.79. The molecule has 72 valence electrons. The van der Waals surface area contributed by atoms with Gasteiger partial charge in [-0.15, -0.1) is 0 Å². The first kappa shape index (κ1) is 10.2. The van der Waals surface area contributed by atoms with E-state index in [-0.39, 0.29) is 0 Å². The SMILES string of the molecule is CCCn1cc(C(C#N)N=C=O)cn1. The summed E-state index contributed by atoms with van der Waals surface area (Å²) in [6.07, 6.45) is 5.61. The zero-order valence-corrected chi connectivity index (χ0v) is 7.84. The van der Waals surface area contributed by atoms with Gasteiger partial charge in [0.2, 0.25) is 6.08 Å². The summed E-state index contributed by atoms with van der Waals surface area (Å²) in [6.45, 7) is 2.83. The maximum atomic E-state index is 10.0. The van der Waals surface area contributed by atoms with Gasteiger partial charge in [-0.1, -0.05) is 6.92 Å². The third-order valence-electron chi connectivity index (χ3n) is 1.73. The van der Waals surface area contributed by atoms with Crippen molar-refractivity contribution in [1.29, 1.82) is 5.26 Å². The molecular weight excluding hydrogens is 180 g/mol. The predicted molar refractivity (Wildman–Crippen MR) is 49.0 cm³/mol. The molecule has 0 N–H and O–H groups in total. The highest BCUT2D eigenvalue weighted by atomic mass is 16.1. The van der Waals surface area contributed by atoms with Gasteiger partial charge in [0.05, 0.1) is 12.3 Å². The maximum Gasteiger partial charge on any atom is 0.236 e. The molecule has 5 heteroatoms. The van der Waals surface area contributed by atoms with Crippen LogP contribution in [0.1, 0.15) is 24.9 Å². The van der Waals surface area contributed by atoms with Crippen molar-refractivity contribution in [2.45, 2.75) is 25.9 Å². The van der Waals surface area contributed by atoms with E-state index >= 15 is 0 Å². The molecule has 0 saturated heterocycles. The van der Waals surface area contributed by atoms with Crippen molar-refractivity contribution in [3.63, 3.8) is 0 Å². The second kappa shape index (κ2) is 4.95. The number of rotatable bonds is 4. The lowest BCUT2D eigenvalue weighted by Gasteiger charge is -1.96. The maximum absolute atomic E-state index is 10.0. The van der Waals surface area contributed by atoms with Crippen LogP contribution in [-0.4, -0.2) is 15.9 Å². The Kier molecular flexibility index (Phi) is 3.59. The molecule has 0 spiro atoms. The fourth-order valence-corrected chi connectivity index (χ4v) is 1.10. The number of nitriles is 1. The van der Waals surface area contributed by atoms with Crippen LogP contribution in [0.25, 0.3) is 0 Å². The Balaban J connectivity index is 2.84. The Morgan fingerprint density at radius 1 is 1.79 bits per heavy atom. The molecule has 0 amide bonds. The summed E-state index contributed by atoms with van der Waals surface area (Å²) in [6, 6.07) is 1.11. The van der Waals surface area contributed by atoms with Crippen LogP contribution >= 0.6 is 0 Å². The van der Waals surface area contributed by atoms with E-state index in [0.29, 0.717) is 5.56 Å². The van der Waals surface area contributed by atoms with Crippen LogP contribution < -0.4 is 0 Å². The van der Waals surface area contributed by atoms with Crippen molar-refractivity contribution in [2.24, 2.45) is 4.99 Å². The summed E-state index contributed by atoms with van der Waals surface area (Å²) in [5.41, 5.74) is 0.629. The highest BCUT2D eigenvalue weighted by molar-refractivity contribution is 5.36. The van der Waals surface area contributed by atoms with Gasteiger partial charge in [0.25, 0.3) is 0 Å². The van der Waals surface area contributed by atoms with Gasteiger partial charge >= 0.3 is 0 Å². The van der Waals surface area contributed by atoms with Crippen LogP contribution in [0.15, 0.2) is 17.4 Å². The normalized spacial score (nSPS) is 11.4. The lowest BCUT2D eigenvalue weighted by Crippen LogP contribution is -1.96. The van der Waals surface area contributed by atoms with E-state index in [4.69, 9.17) is 5.26 Å². The molecular formula is C9H10N4O. The highest BCUT2D eigenvalue weighted by Gasteiger charge is 2.10. The summed E-state index contributed by atoms with van der Waals surface area (Å²) in [7, 11) is 0. The number of isocyanates is 1. The molecule has 1 heterocycles. The molecule has 0 radical (unpaired) electrons. The van der Waals surface area contributed by atoms with E-state index in [9.17, 15) is 4.79 Å². The Hall–Kier alpha value is -1.92.